The monoisotopic (exact) mass is 295 g/mol. The summed E-state index contributed by atoms with van der Waals surface area (Å²) in [6.45, 7) is 0.263. The topological polar surface area (TPSA) is 107 Å². The van der Waals surface area contributed by atoms with E-state index < -0.39 is 11.8 Å². The van der Waals surface area contributed by atoms with Crippen molar-refractivity contribution in [3.05, 3.63) is 35.9 Å². The normalized spacial score (nSPS) is 11.6. The molecule has 0 saturated heterocycles. The van der Waals surface area contributed by atoms with Gasteiger partial charge >= 0.3 is 0 Å². The van der Waals surface area contributed by atoms with Gasteiger partial charge in [-0.05, 0) is 5.56 Å². The number of hydrogen-bond donors (Lipinski definition) is 3. The van der Waals surface area contributed by atoms with Crippen LogP contribution in [0.3, 0.4) is 0 Å². The van der Waals surface area contributed by atoms with Crippen LogP contribution in [0.5, 0.6) is 0 Å². The number of carbonyl (C=O) groups excluding carboxylic acids is 2. The van der Waals surface area contributed by atoms with E-state index in [4.69, 9.17) is 28.4 Å². The molecule has 0 saturated carbocycles. The van der Waals surface area contributed by atoms with Crippen LogP contribution in [0.4, 0.5) is 0 Å². The van der Waals surface area contributed by atoms with E-state index in [9.17, 15) is 9.59 Å². The molecular formula is C13H17N3O3S. The standard InChI is InChI=1S/C13H17N3O3S/c14-10(17)8-19-7-6-16-13(18)11(12(15)20)9-4-2-1-3-5-9/h1-5,11H,6-8H2,(H2,14,17)(H2,15,20)(H,16,18). The Morgan fingerprint density at radius 1 is 1.25 bits per heavy atom. The van der Waals surface area contributed by atoms with Crippen LogP contribution in [0.25, 0.3) is 0 Å². The maximum atomic E-state index is 12.1. The highest BCUT2D eigenvalue weighted by Gasteiger charge is 2.22. The fourth-order valence-corrected chi connectivity index (χ4v) is 1.85. The number of ether oxygens (including phenoxy) is 1. The summed E-state index contributed by atoms with van der Waals surface area (Å²) in [5.41, 5.74) is 11.3. The van der Waals surface area contributed by atoms with Gasteiger partial charge in [-0.15, -0.1) is 0 Å². The number of rotatable bonds is 8. The minimum atomic E-state index is -0.678. The van der Waals surface area contributed by atoms with E-state index in [0.717, 1.165) is 5.56 Å². The van der Waals surface area contributed by atoms with Crippen molar-refractivity contribution in [2.24, 2.45) is 11.5 Å². The minimum Gasteiger partial charge on any atom is -0.392 e. The quantitative estimate of drug-likeness (QED) is 0.450. The molecule has 0 aliphatic rings. The third-order valence-corrected chi connectivity index (χ3v) is 2.71. The van der Waals surface area contributed by atoms with Crippen LogP contribution in [-0.4, -0.2) is 36.6 Å². The highest BCUT2D eigenvalue weighted by Crippen LogP contribution is 2.15. The van der Waals surface area contributed by atoms with E-state index in [1.54, 1.807) is 12.1 Å². The van der Waals surface area contributed by atoms with Crippen molar-refractivity contribution in [1.82, 2.24) is 5.32 Å². The van der Waals surface area contributed by atoms with Crippen LogP contribution in [0.1, 0.15) is 11.5 Å². The highest BCUT2D eigenvalue weighted by molar-refractivity contribution is 7.80. The van der Waals surface area contributed by atoms with Crippen molar-refractivity contribution in [1.29, 1.82) is 0 Å². The molecule has 6 nitrogen and oxygen atoms in total. The summed E-state index contributed by atoms with van der Waals surface area (Å²) in [7, 11) is 0. The molecule has 7 heteroatoms. The van der Waals surface area contributed by atoms with Gasteiger partial charge in [-0.2, -0.15) is 0 Å². The van der Waals surface area contributed by atoms with Crippen molar-refractivity contribution < 1.29 is 14.3 Å². The number of primary amides is 1. The summed E-state index contributed by atoms with van der Waals surface area (Å²) in [6, 6.07) is 9.03. The third-order valence-electron chi connectivity index (χ3n) is 2.47. The van der Waals surface area contributed by atoms with Crippen molar-refractivity contribution in [2.45, 2.75) is 5.92 Å². The molecular weight excluding hydrogens is 278 g/mol. The average molecular weight is 295 g/mol. The molecule has 0 aromatic heterocycles. The number of nitrogens with one attached hydrogen (secondary N) is 1. The summed E-state index contributed by atoms with van der Waals surface area (Å²) in [4.78, 5) is 22.6. The number of carbonyl (C=O) groups is 2. The maximum absolute atomic E-state index is 12.1. The summed E-state index contributed by atoms with van der Waals surface area (Å²) in [5.74, 6) is -1.53. The molecule has 1 rings (SSSR count). The number of hydrogen-bond acceptors (Lipinski definition) is 4. The molecule has 0 heterocycles. The number of nitrogens with two attached hydrogens (primary N) is 2. The van der Waals surface area contributed by atoms with Crippen LogP contribution < -0.4 is 16.8 Å². The molecule has 1 aromatic rings. The number of amides is 2. The maximum Gasteiger partial charge on any atom is 0.243 e. The second-order valence-electron chi connectivity index (χ2n) is 4.06. The van der Waals surface area contributed by atoms with E-state index in [-0.39, 0.29) is 30.7 Å². The lowest BCUT2D eigenvalue weighted by molar-refractivity contribution is -0.122. The molecule has 2 amide bonds. The van der Waals surface area contributed by atoms with Gasteiger partial charge < -0.3 is 21.5 Å². The van der Waals surface area contributed by atoms with Gasteiger partial charge in [-0.1, -0.05) is 42.5 Å². The lowest BCUT2D eigenvalue weighted by Crippen LogP contribution is -2.38. The van der Waals surface area contributed by atoms with Gasteiger partial charge in [0.15, 0.2) is 0 Å². The summed E-state index contributed by atoms with van der Waals surface area (Å²) in [5, 5.41) is 2.65. The van der Waals surface area contributed by atoms with Crippen LogP contribution in [-0.2, 0) is 14.3 Å². The first-order chi connectivity index (χ1) is 9.52. The van der Waals surface area contributed by atoms with Gasteiger partial charge in [0.25, 0.3) is 0 Å². The molecule has 1 atom stereocenters. The molecule has 0 aliphatic heterocycles. The second kappa shape index (κ2) is 8.23. The Morgan fingerprint density at radius 3 is 2.45 bits per heavy atom. The Balaban J connectivity index is 2.50. The Kier molecular flexibility index (Phi) is 6.61. The summed E-state index contributed by atoms with van der Waals surface area (Å²) >= 11 is 4.94. The molecule has 0 spiro atoms. The molecule has 0 bridgehead atoms. The smallest absolute Gasteiger partial charge is 0.243 e. The fraction of sp³-hybridized carbons (Fsp3) is 0.308. The molecule has 0 aliphatic carbocycles. The van der Waals surface area contributed by atoms with Gasteiger partial charge in [-0.3, -0.25) is 9.59 Å². The van der Waals surface area contributed by atoms with Crippen LogP contribution >= 0.6 is 12.2 Å². The molecule has 0 radical (unpaired) electrons. The number of thiocarbonyl (C=S) groups is 1. The molecule has 1 aromatic carbocycles. The second-order valence-corrected chi connectivity index (χ2v) is 4.53. The van der Waals surface area contributed by atoms with Gasteiger partial charge in [0.05, 0.1) is 11.6 Å². The molecule has 5 N–H and O–H groups in total. The van der Waals surface area contributed by atoms with E-state index in [1.807, 2.05) is 18.2 Å². The molecule has 0 fully saturated rings. The highest BCUT2D eigenvalue weighted by atomic mass is 32.1. The van der Waals surface area contributed by atoms with E-state index in [0.29, 0.717) is 0 Å². The van der Waals surface area contributed by atoms with Crippen LogP contribution in [0, 0.1) is 0 Å². The van der Waals surface area contributed by atoms with E-state index >= 15 is 0 Å². The molecule has 20 heavy (non-hydrogen) atoms. The van der Waals surface area contributed by atoms with Crippen molar-refractivity contribution in [3.63, 3.8) is 0 Å². The Morgan fingerprint density at radius 2 is 1.90 bits per heavy atom. The Bertz CT molecular complexity index is 479. The van der Waals surface area contributed by atoms with Gasteiger partial charge in [0.1, 0.15) is 12.5 Å². The Labute approximate surface area is 122 Å². The first-order valence-electron chi connectivity index (χ1n) is 6.00. The fourth-order valence-electron chi connectivity index (χ4n) is 1.61. The summed E-state index contributed by atoms with van der Waals surface area (Å²) in [6.07, 6.45) is 0. The summed E-state index contributed by atoms with van der Waals surface area (Å²) < 4.78 is 4.94. The zero-order valence-corrected chi connectivity index (χ0v) is 11.7. The van der Waals surface area contributed by atoms with Crippen molar-refractivity contribution in [2.75, 3.05) is 19.8 Å². The lowest BCUT2D eigenvalue weighted by Gasteiger charge is -2.15. The van der Waals surface area contributed by atoms with E-state index in [2.05, 4.69) is 5.32 Å². The van der Waals surface area contributed by atoms with Gasteiger partial charge in [-0.25, -0.2) is 0 Å². The van der Waals surface area contributed by atoms with E-state index in [1.165, 1.54) is 0 Å². The van der Waals surface area contributed by atoms with Crippen LogP contribution in [0.2, 0.25) is 0 Å². The van der Waals surface area contributed by atoms with Crippen LogP contribution in [0.15, 0.2) is 30.3 Å². The molecule has 1 unspecified atom stereocenters. The predicted octanol–water partition coefficient (Wildman–Crippen LogP) is -0.326. The zero-order chi connectivity index (χ0) is 15.0. The molecule has 108 valence electrons. The van der Waals surface area contributed by atoms with Crippen molar-refractivity contribution in [3.8, 4) is 0 Å². The number of benzene rings is 1. The average Bonchev–Trinajstić information content (AvgIpc) is 2.39. The zero-order valence-electron chi connectivity index (χ0n) is 10.9. The Hall–Kier alpha value is -1.99. The van der Waals surface area contributed by atoms with Gasteiger partial charge in [0, 0.05) is 6.54 Å². The SMILES string of the molecule is NC(=O)COCCNC(=O)C(C(N)=S)c1ccccc1. The van der Waals surface area contributed by atoms with Crippen molar-refractivity contribution >= 4 is 29.0 Å². The van der Waals surface area contributed by atoms with Gasteiger partial charge in [0.2, 0.25) is 11.8 Å². The predicted molar refractivity (Wildman–Crippen MR) is 79.0 cm³/mol. The minimum absolute atomic E-state index is 0.103. The lowest BCUT2D eigenvalue weighted by atomic mass is 9.98. The first kappa shape index (κ1) is 16.1. The third kappa shape index (κ3) is 5.33. The first-order valence-corrected chi connectivity index (χ1v) is 6.41. The largest absolute Gasteiger partial charge is 0.392 e.